The molecule has 1 saturated carbocycles. The van der Waals surface area contributed by atoms with Crippen molar-refractivity contribution in [3.63, 3.8) is 0 Å². The average molecular weight is 497 g/mol. The summed E-state index contributed by atoms with van der Waals surface area (Å²) >= 11 is 5.29. The second-order valence-corrected chi connectivity index (χ2v) is 9.15. The summed E-state index contributed by atoms with van der Waals surface area (Å²) in [4.78, 5) is 24.9. The quantitative estimate of drug-likeness (QED) is 0.434. The van der Waals surface area contributed by atoms with E-state index in [1.807, 2.05) is 19.2 Å². The first-order valence-electron chi connectivity index (χ1n) is 10.8. The molecule has 1 aromatic heterocycles. The highest BCUT2D eigenvalue weighted by atomic mass is 35.5. The zero-order valence-corrected chi connectivity index (χ0v) is 20.8. The number of primary amides is 1. The summed E-state index contributed by atoms with van der Waals surface area (Å²) in [5.41, 5.74) is 5.40. The number of nitrogens with zero attached hydrogens (tertiary/aromatic N) is 1. The van der Waals surface area contributed by atoms with E-state index in [2.05, 4.69) is 42.1 Å². The normalized spacial score (nSPS) is 14.8. The minimum Gasteiger partial charge on any atom is -0.508 e. The molecule has 1 heterocycles. The molecule has 34 heavy (non-hydrogen) atoms. The van der Waals surface area contributed by atoms with Crippen LogP contribution in [0.15, 0.2) is 36.5 Å². The largest absolute Gasteiger partial charge is 0.508 e. The van der Waals surface area contributed by atoms with Crippen molar-refractivity contribution in [3.8, 4) is 11.5 Å². The van der Waals surface area contributed by atoms with Crippen LogP contribution in [0, 0.1) is 11.2 Å². The van der Waals surface area contributed by atoms with E-state index < -0.39 is 5.82 Å². The number of aromatic hydroxyl groups is 1. The summed E-state index contributed by atoms with van der Waals surface area (Å²) in [6.45, 7) is 7.36. The number of nitrogens with two attached hydrogens (primary N) is 1. The Bertz CT molecular complexity index is 918. The molecule has 0 atom stereocenters. The van der Waals surface area contributed by atoms with E-state index in [1.54, 1.807) is 6.20 Å². The predicted molar refractivity (Wildman–Crippen MR) is 130 cm³/mol. The lowest BCUT2D eigenvalue weighted by molar-refractivity contribution is -0.128. The van der Waals surface area contributed by atoms with Crippen molar-refractivity contribution in [1.82, 2.24) is 15.6 Å². The molecular formula is C24H34ClFN4O4. The van der Waals surface area contributed by atoms with E-state index in [1.165, 1.54) is 12.1 Å². The van der Waals surface area contributed by atoms with Crippen LogP contribution in [0.5, 0.6) is 11.5 Å². The molecule has 0 bridgehead atoms. The molecule has 2 aromatic rings. The summed E-state index contributed by atoms with van der Waals surface area (Å²) < 4.78 is 17.8. The fourth-order valence-corrected chi connectivity index (χ4v) is 4.07. The fourth-order valence-electron chi connectivity index (χ4n) is 3.95. The second-order valence-electron chi connectivity index (χ2n) is 8.74. The molecule has 1 aromatic carbocycles. The third-order valence-electron chi connectivity index (χ3n) is 5.14. The summed E-state index contributed by atoms with van der Waals surface area (Å²) in [6.07, 6.45) is 4.93. The average Bonchev–Trinajstić information content (AvgIpc) is 2.76. The van der Waals surface area contributed by atoms with Crippen LogP contribution in [-0.2, 0) is 16.1 Å². The number of phenols is 1. The lowest BCUT2D eigenvalue weighted by atomic mass is 9.58. The van der Waals surface area contributed by atoms with Gasteiger partial charge in [-0.25, -0.2) is 4.39 Å². The van der Waals surface area contributed by atoms with Gasteiger partial charge in [0.25, 0.3) is 5.91 Å². The lowest BCUT2D eigenvalue weighted by Gasteiger charge is -2.53. The summed E-state index contributed by atoms with van der Waals surface area (Å²) in [7, 11) is 1.88. The van der Waals surface area contributed by atoms with E-state index in [4.69, 9.17) is 26.2 Å². The highest BCUT2D eigenvalue weighted by molar-refractivity contribution is 6.30. The van der Waals surface area contributed by atoms with Crippen LogP contribution in [0.2, 0.25) is 5.02 Å². The van der Waals surface area contributed by atoms with Crippen molar-refractivity contribution < 1.29 is 23.8 Å². The Labute approximate surface area is 205 Å². The number of phenolic OH excluding ortho intramolecular Hbond substituents is 1. The van der Waals surface area contributed by atoms with Crippen LogP contribution >= 0.6 is 11.6 Å². The molecule has 188 valence electrons. The van der Waals surface area contributed by atoms with Gasteiger partial charge in [0, 0.05) is 18.2 Å². The van der Waals surface area contributed by atoms with Crippen molar-refractivity contribution in [2.24, 2.45) is 11.1 Å². The van der Waals surface area contributed by atoms with Crippen LogP contribution in [0.25, 0.3) is 0 Å². The van der Waals surface area contributed by atoms with Crippen LogP contribution in [0.1, 0.15) is 45.7 Å². The molecule has 3 rings (SSSR count). The van der Waals surface area contributed by atoms with Crippen LogP contribution < -0.4 is 21.1 Å². The molecule has 0 radical (unpaired) electrons. The van der Waals surface area contributed by atoms with Gasteiger partial charge in [-0.2, -0.15) is 0 Å². The van der Waals surface area contributed by atoms with Crippen LogP contribution in [-0.4, -0.2) is 41.6 Å². The summed E-state index contributed by atoms with van der Waals surface area (Å²) in [5.74, 6) is -0.153. The number of hydrogen-bond donors (Lipinski definition) is 4. The highest BCUT2D eigenvalue weighted by Crippen LogP contribution is 2.49. The molecule has 0 aliphatic heterocycles. The van der Waals surface area contributed by atoms with Crippen molar-refractivity contribution in [1.29, 1.82) is 0 Å². The number of rotatable bonds is 7. The topological polar surface area (TPSA) is 127 Å². The molecule has 1 fully saturated rings. The first-order valence-corrected chi connectivity index (χ1v) is 11.2. The Kier molecular flexibility index (Phi) is 11.7. The second kappa shape index (κ2) is 13.7. The van der Waals surface area contributed by atoms with Crippen LogP contribution in [0.3, 0.4) is 0 Å². The van der Waals surface area contributed by atoms with Crippen molar-refractivity contribution in [2.45, 2.75) is 52.1 Å². The number of halogens is 2. The summed E-state index contributed by atoms with van der Waals surface area (Å²) in [5, 5.41) is 14.8. The summed E-state index contributed by atoms with van der Waals surface area (Å²) in [6, 6.07) is 7.32. The number of pyridine rings is 1. The minimum atomic E-state index is -0.600. The van der Waals surface area contributed by atoms with Gasteiger partial charge in [0.15, 0.2) is 6.61 Å². The molecular weight excluding hydrogens is 463 g/mol. The fraction of sp³-hybridized carbons (Fsp3) is 0.458. The van der Waals surface area contributed by atoms with Gasteiger partial charge in [-0.05, 0) is 56.0 Å². The van der Waals surface area contributed by atoms with Gasteiger partial charge in [-0.15, -0.1) is 0 Å². The van der Waals surface area contributed by atoms with Crippen molar-refractivity contribution in [2.75, 3.05) is 13.7 Å². The Morgan fingerprint density at radius 2 is 1.97 bits per heavy atom. The van der Waals surface area contributed by atoms with Crippen molar-refractivity contribution >= 4 is 23.9 Å². The molecule has 0 spiro atoms. The zero-order chi connectivity index (χ0) is 25.8. The maximum atomic E-state index is 12.3. The number of nitrogens with one attached hydrogen (secondary N) is 2. The third-order valence-corrected chi connectivity index (χ3v) is 5.45. The van der Waals surface area contributed by atoms with E-state index in [0.29, 0.717) is 11.2 Å². The van der Waals surface area contributed by atoms with Gasteiger partial charge in [-0.1, -0.05) is 32.4 Å². The van der Waals surface area contributed by atoms with Gasteiger partial charge in [-0.3, -0.25) is 14.6 Å². The first kappa shape index (κ1) is 29.1. The minimum absolute atomic E-state index is 0.0211. The van der Waals surface area contributed by atoms with E-state index in [-0.39, 0.29) is 35.2 Å². The number of hydrogen-bond acceptors (Lipinski definition) is 6. The van der Waals surface area contributed by atoms with Gasteiger partial charge >= 0.3 is 0 Å². The van der Waals surface area contributed by atoms with Gasteiger partial charge in [0.2, 0.25) is 6.41 Å². The number of carbonyl (C=O) groups is 2. The Balaban J connectivity index is 0.000000398. The SMILES string of the molecule is CCC1(NC(=O)COc2ccc(CNC)nc2)CC(C)(C)C1.NC=O.Oc1ccc(Cl)c(F)c1. The molecule has 1 aliphatic carbocycles. The lowest BCUT2D eigenvalue weighted by Crippen LogP contribution is -2.60. The molecule has 5 N–H and O–H groups in total. The van der Waals surface area contributed by atoms with Crippen LogP contribution in [0.4, 0.5) is 4.39 Å². The third kappa shape index (κ3) is 9.93. The molecule has 2 amide bonds. The Morgan fingerprint density at radius 3 is 2.41 bits per heavy atom. The number of amides is 2. The first-order chi connectivity index (χ1) is 16.0. The number of benzene rings is 1. The monoisotopic (exact) mass is 496 g/mol. The maximum absolute atomic E-state index is 12.3. The highest BCUT2D eigenvalue weighted by Gasteiger charge is 2.48. The van der Waals surface area contributed by atoms with Crippen molar-refractivity contribution in [3.05, 3.63) is 53.1 Å². The molecule has 8 nitrogen and oxygen atoms in total. The standard InChI is InChI=1S/C17H27N3O2.C6H4ClFO.CH3NO/c1-5-17(11-16(2,3)12-17)20-15(21)10-22-14-7-6-13(8-18-4)19-9-14;7-5-2-1-4(9)3-6(5)8;2-1-3/h6-7,9,18H,5,8,10-12H2,1-4H3,(H,20,21);1-3,9H;1H,(H2,2,3). The number of ether oxygens (including phenoxy) is 1. The molecule has 1 aliphatic rings. The Hall–Kier alpha value is -2.91. The Morgan fingerprint density at radius 1 is 1.32 bits per heavy atom. The van der Waals surface area contributed by atoms with Gasteiger partial charge in [0.1, 0.15) is 17.3 Å². The predicted octanol–water partition coefficient (Wildman–Crippen LogP) is 3.55. The van der Waals surface area contributed by atoms with Gasteiger partial charge < -0.3 is 26.2 Å². The molecule has 10 heteroatoms. The van der Waals surface area contributed by atoms with Gasteiger partial charge in [0.05, 0.1) is 16.9 Å². The van der Waals surface area contributed by atoms with E-state index in [0.717, 1.165) is 37.6 Å². The van der Waals surface area contributed by atoms with E-state index in [9.17, 15) is 9.18 Å². The van der Waals surface area contributed by atoms with E-state index >= 15 is 0 Å². The maximum Gasteiger partial charge on any atom is 0.258 e. The smallest absolute Gasteiger partial charge is 0.258 e. The molecule has 0 saturated heterocycles. The zero-order valence-electron chi connectivity index (χ0n) is 20.0. The number of aromatic nitrogens is 1. The number of carbonyl (C=O) groups excluding carboxylic acids is 2. The molecule has 0 unspecified atom stereocenters.